The summed E-state index contributed by atoms with van der Waals surface area (Å²) >= 11 is 0. The molecule has 0 unspecified atom stereocenters. The van der Waals surface area contributed by atoms with Crippen molar-refractivity contribution in [3.63, 3.8) is 0 Å². The van der Waals surface area contributed by atoms with Gasteiger partial charge in [-0.3, -0.25) is 4.79 Å². The number of benzene rings is 1. The minimum atomic E-state index is -0.964. The molecule has 3 rings (SSSR count). The van der Waals surface area contributed by atoms with Crippen LogP contribution in [-0.2, 0) is 4.79 Å². The van der Waals surface area contributed by atoms with Crippen LogP contribution in [0.25, 0.3) is 0 Å². The Kier molecular flexibility index (Phi) is 3.78. The zero-order valence-electron chi connectivity index (χ0n) is 11.8. The number of nitrogens with zero attached hydrogens (tertiary/aromatic N) is 2. The number of aromatic nitrogens is 2. The highest BCUT2D eigenvalue weighted by Crippen LogP contribution is 2.40. The summed E-state index contributed by atoms with van der Waals surface area (Å²) in [4.78, 5) is 19.3. The van der Waals surface area contributed by atoms with Gasteiger partial charge in [-0.1, -0.05) is 0 Å². The topological polar surface area (TPSA) is 107 Å². The average Bonchev–Trinajstić information content (AvgIpc) is 3.32. The molecule has 1 aliphatic carbocycles. The Bertz CT molecular complexity index is 684. The summed E-state index contributed by atoms with van der Waals surface area (Å²) in [6.07, 6.45) is 2.18. The number of carboxylic acid groups (broad SMARTS) is 1. The first-order valence-corrected chi connectivity index (χ1v) is 7.01. The fraction of sp³-hybridized carbons (Fsp3) is 0.267. The number of aliphatic carboxylic acids is 1. The van der Waals surface area contributed by atoms with Gasteiger partial charge in [0, 0.05) is 17.7 Å². The largest absolute Gasteiger partial charge is 0.508 e. The van der Waals surface area contributed by atoms with E-state index in [-0.39, 0.29) is 12.3 Å². The first-order chi connectivity index (χ1) is 10.6. The Labute approximate surface area is 127 Å². The maximum atomic E-state index is 10.7. The van der Waals surface area contributed by atoms with Gasteiger partial charge in [-0.05, 0) is 37.1 Å². The summed E-state index contributed by atoms with van der Waals surface area (Å²) < 4.78 is 0. The number of carbonyl (C=O) groups is 1. The van der Waals surface area contributed by atoms with E-state index in [1.807, 2.05) is 6.07 Å². The van der Waals surface area contributed by atoms with Crippen LogP contribution in [0.1, 0.15) is 24.5 Å². The second-order valence-corrected chi connectivity index (χ2v) is 5.20. The van der Waals surface area contributed by atoms with Gasteiger partial charge >= 0.3 is 5.97 Å². The van der Waals surface area contributed by atoms with Gasteiger partial charge in [-0.25, -0.2) is 4.98 Å². The zero-order chi connectivity index (χ0) is 15.5. The molecule has 4 N–H and O–H groups in total. The van der Waals surface area contributed by atoms with Crippen LogP contribution in [0.2, 0.25) is 0 Å². The fourth-order valence-electron chi connectivity index (χ4n) is 2.04. The molecule has 1 aliphatic rings. The van der Waals surface area contributed by atoms with Gasteiger partial charge in [0.25, 0.3) is 0 Å². The lowest BCUT2D eigenvalue weighted by Crippen LogP contribution is -2.15. The van der Waals surface area contributed by atoms with Crippen LogP contribution < -0.4 is 10.6 Å². The molecular formula is C15H16N4O3. The summed E-state index contributed by atoms with van der Waals surface area (Å²) in [6, 6.07) is 8.50. The van der Waals surface area contributed by atoms with Crippen molar-refractivity contribution in [2.45, 2.75) is 18.8 Å². The van der Waals surface area contributed by atoms with Crippen molar-refractivity contribution in [2.24, 2.45) is 0 Å². The van der Waals surface area contributed by atoms with E-state index in [1.165, 1.54) is 0 Å². The lowest BCUT2D eigenvalue weighted by atomic mass is 10.2. The maximum absolute atomic E-state index is 10.7. The van der Waals surface area contributed by atoms with Gasteiger partial charge < -0.3 is 20.8 Å². The van der Waals surface area contributed by atoms with E-state index in [4.69, 9.17) is 5.11 Å². The molecule has 0 saturated heterocycles. The highest BCUT2D eigenvalue weighted by molar-refractivity contribution is 5.72. The quantitative estimate of drug-likeness (QED) is 0.606. The number of nitrogens with one attached hydrogen (secondary N) is 2. The zero-order valence-corrected chi connectivity index (χ0v) is 11.8. The summed E-state index contributed by atoms with van der Waals surface area (Å²) in [5, 5.41) is 23.9. The number of hydrogen-bond acceptors (Lipinski definition) is 6. The Morgan fingerprint density at radius 2 is 1.95 bits per heavy atom. The summed E-state index contributed by atoms with van der Waals surface area (Å²) in [7, 11) is 0. The minimum absolute atomic E-state index is 0.190. The van der Waals surface area contributed by atoms with E-state index >= 15 is 0 Å². The van der Waals surface area contributed by atoms with Crippen LogP contribution in [0, 0.1) is 0 Å². The standard InChI is InChI=1S/C15H16N4O3/c20-11-5-3-10(4-6-11)17-13-7-12(9-1-2-9)18-15(19-13)16-8-14(21)22/h3-7,9,20H,1-2,8H2,(H,21,22)(H2,16,17,18,19). The third-order valence-electron chi connectivity index (χ3n) is 3.28. The Morgan fingerprint density at radius 3 is 2.59 bits per heavy atom. The second-order valence-electron chi connectivity index (χ2n) is 5.20. The van der Waals surface area contributed by atoms with Crippen LogP contribution in [0.15, 0.2) is 30.3 Å². The fourth-order valence-corrected chi connectivity index (χ4v) is 2.04. The number of phenolic OH excluding ortho intramolecular Hbond substituents is 1. The van der Waals surface area contributed by atoms with Gasteiger partial charge in [0.15, 0.2) is 0 Å². The predicted molar refractivity (Wildman–Crippen MR) is 81.5 cm³/mol. The third-order valence-corrected chi connectivity index (χ3v) is 3.28. The number of rotatable bonds is 6. The van der Waals surface area contributed by atoms with E-state index in [1.54, 1.807) is 24.3 Å². The highest BCUT2D eigenvalue weighted by atomic mass is 16.4. The van der Waals surface area contributed by atoms with Crippen molar-refractivity contribution in [3.05, 3.63) is 36.0 Å². The van der Waals surface area contributed by atoms with Crippen LogP contribution in [0.4, 0.5) is 17.5 Å². The molecule has 0 atom stereocenters. The van der Waals surface area contributed by atoms with Crippen LogP contribution in [0.3, 0.4) is 0 Å². The number of hydrogen-bond donors (Lipinski definition) is 4. The Balaban J connectivity index is 1.82. The minimum Gasteiger partial charge on any atom is -0.508 e. The molecular weight excluding hydrogens is 284 g/mol. The molecule has 1 aromatic carbocycles. The van der Waals surface area contributed by atoms with E-state index < -0.39 is 5.97 Å². The van der Waals surface area contributed by atoms with Crippen molar-refractivity contribution in [1.82, 2.24) is 9.97 Å². The van der Waals surface area contributed by atoms with Gasteiger partial charge in [-0.2, -0.15) is 4.98 Å². The molecule has 0 spiro atoms. The van der Waals surface area contributed by atoms with Gasteiger partial charge in [0.05, 0.1) is 5.69 Å². The van der Waals surface area contributed by atoms with E-state index in [2.05, 4.69) is 20.6 Å². The summed E-state index contributed by atoms with van der Waals surface area (Å²) in [5.41, 5.74) is 1.69. The van der Waals surface area contributed by atoms with Crippen molar-refractivity contribution in [1.29, 1.82) is 0 Å². The number of aromatic hydroxyl groups is 1. The van der Waals surface area contributed by atoms with E-state index in [9.17, 15) is 9.90 Å². The van der Waals surface area contributed by atoms with Crippen molar-refractivity contribution < 1.29 is 15.0 Å². The Morgan fingerprint density at radius 1 is 1.23 bits per heavy atom. The van der Waals surface area contributed by atoms with Crippen molar-refractivity contribution in [2.75, 3.05) is 17.2 Å². The Hall–Kier alpha value is -2.83. The SMILES string of the molecule is O=C(O)CNc1nc(Nc2ccc(O)cc2)cc(C2CC2)n1. The first-order valence-electron chi connectivity index (χ1n) is 7.01. The molecule has 0 amide bonds. The lowest BCUT2D eigenvalue weighted by molar-refractivity contribution is -0.134. The summed E-state index contributed by atoms with van der Waals surface area (Å²) in [6.45, 7) is -0.229. The molecule has 2 aromatic rings. The maximum Gasteiger partial charge on any atom is 0.322 e. The molecule has 0 bridgehead atoms. The average molecular weight is 300 g/mol. The molecule has 1 saturated carbocycles. The molecule has 1 heterocycles. The molecule has 0 aliphatic heterocycles. The number of phenols is 1. The lowest BCUT2D eigenvalue weighted by Gasteiger charge is -2.10. The van der Waals surface area contributed by atoms with Gasteiger partial charge in [-0.15, -0.1) is 0 Å². The molecule has 7 nitrogen and oxygen atoms in total. The van der Waals surface area contributed by atoms with E-state index in [0.717, 1.165) is 24.2 Å². The second kappa shape index (κ2) is 5.88. The molecule has 1 fully saturated rings. The smallest absolute Gasteiger partial charge is 0.322 e. The van der Waals surface area contributed by atoms with Crippen molar-refractivity contribution in [3.8, 4) is 5.75 Å². The third kappa shape index (κ3) is 3.63. The molecule has 114 valence electrons. The van der Waals surface area contributed by atoms with Gasteiger partial charge in [0.2, 0.25) is 5.95 Å². The first kappa shape index (κ1) is 14.1. The van der Waals surface area contributed by atoms with Gasteiger partial charge in [0.1, 0.15) is 18.1 Å². The van der Waals surface area contributed by atoms with E-state index in [0.29, 0.717) is 17.7 Å². The van der Waals surface area contributed by atoms with Crippen LogP contribution in [-0.4, -0.2) is 32.7 Å². The highest BCUT2D eigenvalue weighted by Gasteiger charge is 2.26. The van der Waals surface area contributed by atoms with Crippen molar-refractivity contribution >= 4 is 23.4 Å². The molecule has 1 aromatic heterocycles. The number of carboxylic acids is 1. The van der Waals surface area contributed by atoms with Crippen LogP contribution >= 0.6 is 0 Å². The summed E-state index contributed by atoms with van der Waals surface area (Å²) in [5.74, 6) is 0.543. The van der Waals surface area contributed by atoms with Crippen LogP contribution in [0.5, 0.6) is 5.75 Å². The molecule has 0 radical (unpaired) electrons. The molecule has 22 heavy (non-hydrogen) atoms. The number of anilines is 3. The molecule has 7 heteroatoms. The predicted octanol–water partition coefficient (Wildman–Crippen LogP) is 2.30. The normalized spacial score (nSPS) is 13.6. The monoisotopic (exact) mass is 300 g/mol.